The number of nitrogens with one attached hydrogen (secondary N) is 1. The van der Waals surface area contributed by atoms with Crippen molar-refractivity contribution in [3.63, 3.8) is 0 Å². The predicted octanol–water partition coefficient (Wildman–Crippen LogP) is 4.00. The average Bonchev–Trinajstić information content (AvgIpc) is 2.79. The van der Waals surface area contributed by atoms with Gasteiger partial charge in [0.05, 0.1) is 12.0 Å². The number of hydrogen-bond donors (Lipinski definition) is 3. The van der Waals surface area contributed by atoms with E-state index in [4.69, 9.17) is 11.6 Å². The normalized spacial score (nSPS) is 14.2. The molecule has 0 radical (unpaired) electrons. The molecule has 8 nitrogen and oxygen atoms in total. The maximum Gasteiger partial charge on any atom is 0.573 e. The van der Waals surface area contributed by atoms with Gasteiger partial charge >= 0.3 is 6.36 Å². The topological polar surface area (TPSA) is 123 Å². The quantitative estimate of drug-likeness (QED) is 0.135. The van der Waals surface area contributed by atoms with Gasteiger partial charge in [-0.2, -0.15) is 0 Å². The van der Waals surface area contributed by atoms with Gasteiger partial charge in [-0.15, -0.1) is 13.2 Å². The Labute approximate surface area is 211 Å². The summed E-state index contributed by atoms with van der Waals surface area (Å²) in [6.07, 6.45) is -1.87. The van der Waals surface area contributed by atoms with Crippen molar-refractivity contribution in [2.75, 3.05) is 18.9 Å². The van der Waals surface area contributed by atoms with Gasteiger partial charge in [-0.05, 0) is 17.5 Å². The van der Waals surface area contributed by atoms with E-state index in [-0.39, 0.29) is 22.7 Å². The third-order valence-electron chi connectivity index (χ3n) is 5.17. The van der Waals surface area contributed by atoms with E-state index >= 15 is 0 Å². The zero-order valence-electron chi connectivity index (χ0n) is 20.5. The predicted molar refractivity (Wildman–Crippen MR) is 132 cm³/mol. The first kappa shape index (κ1) is 29.5. The first-order chi connectivity index (χ1) is 17.4. The van der Waals surface area contributed by atoms with E-state index in [1.807, 2.05) is 13.8 Å². The number of alkyl halides is 3. The lowest BCUT2D eigenvalue weighted by Crippen LogP contribution is -2.51. The highest BCUT2D eigenvalue weighted by Crippen LogP contribution is 2.32. The Balaban J connectivity index is 2.66. The minimum atomic E-state index is -5.07. The molecule has 0 spiro atoms. The second-order valence-corrected chi connectivity index (χ2v) is 8.53. The lowest BCUT2D eigenvalue weighted by molar-refractivity contribution is -0.274. The van der Waals surface area contributed by atoms with Crippen molar-refractivity contribution in [2.45, 2.75) is 32.2 Å². The average molecular weight is 524 g/mol. The number of benzene rings is 2. The zero-order chi connectivity index (χ0) is 27.8. The Kier molecular flexibility index (Phi) is 10.3. The summed E-state index contributed by atoms with van der Waals surface area (Å²) in [6.45, 7) is 4.11. The smallest absolute Gasteiger partial charge is 0.406 e. The SMILES string of the molecule is CN=CC(=CN)[C@@H]([C@H](C(=O)Nc1cc(F)cc(OC(F)(F)F)c1)c1ccccc1C=O)N(N)CC(C)C. The van der Waals surface area contributed by atoms with E-state index in [2.05, 4.69) is 15.0 Å². The highest BCUT2D eigenvalue weighted by Gasteiger charge is 2.37. The number of anilines is 1. The molecule has 0 aromatic heterocycles. The second-order valence-electron chi connectivity index (χ2n) is 8.53. The van der Waals surface area contributed by atoms with Gasteiger partial charge in [-0.25, -0.2) is 9.40 Å². The number of ether oxygens (including phenoxy) is 1. The molecule has 2 aromatic rings. The molecule has 0 aliphatic rings. The number of carbonyl (C=O) groups is 2. The van der Waals surface area contributed by atoms with Crippen LogP contribution in [0.4, 0.5) is 23.2 Å². The number of hydrazine groups is 1. The molecule has 0 aliphatic heterocycles. The Hall–Kier alpha value is -3.77. The Morgan fingerprint density at radius 3 is 2.46 bits per heavy atom. The van der Waals surface area contributed by atoms with Crippen molar-refractivity contribution in [3.8, 4) is 5.75 Å². The van der Waals surface area contributed by atoms with Crippen LogP contribution in [0.3, 0.4) is 0 Å². The summed E-state index contributed by atoms with van der Waals surface area (Å²) in [6, 6.07) is 7.49. The molecule has 200 valence electrons. The molecule has 1 amide bonds. The molecular formula is C25H29F4N5O3. The van der Waals surface area contributed by atoms with Gasteiger partial charge in [-0.3, -0.25) is 20.4 Å². The van der Waals surface area contributed by atoms with Gasteiger partial charge < -0.3 is 15.8 Å². The summed E-state index contributed by atoms with van der Waals surface area (Å²) in [5, 5.41) is 3.81. The lowest BCUT2D eigenvalue weighted by Gasteiger charge is -2.35. The van der Waals surface area contributed by atoms with Crippen LogP contribution >= 0.6 is 0 Å². The van der Waals surface area contributed by atoms with Crippen LogP contribution in [-0.2, 0) is 4.79 Å². The number of nitrogens with zero attached hydrogens (tertiary/aromatic N) is 2. The molecule has 5 N–H and O–H groups in total. The molecular weight excluding hydrogens is 494 g/mol. The standard InChI is InChI=1S/C25H29F4N5O3/c1-15(2)13-34(31)23(17(11-30)12-32-3)22(21-7-5-4-6-16(21)14-35)24(36)33-19-8-18(26)9-20(10-19)37-25(27,28)29/h4-12,14-15,22-23H,13,30-31H2,1-3H3,(H,33,36)/t22-,23+/m1/s1. The minimum Gasteiger partial charge on any atom is -0.406 e. The van der Waals surface area contributed by atoms with Crippen LogP contribution in [0.25, 0.3) is 0 Å². The van der Waals surface area contributed by atoms with E-state index in [1.165, 1.54) is 30.5 Å². The fraction of sp³-hybridized carbons (Fsp3) is 0.320. The maximum atomic E-state index is 14.1. The molecule has 0 heterocycles. The Morgan fingerprint density at radius 2 is 1.89 bits per heavy atom. The number of carbonyl (C=O) groups excluding carboxylic acids is 2. The monoisotopic (exact) mass is 523 g/mol. The van der Waals surface area contributed by atoms with Crippen molar-refractivity contribution < 1.29 is 31.9 Å². The van der Waals surface area contributed by atoms with E-state index in [0.29, 0.717) is 24.5 Å². The van der Waals surface area contributed by atoms with Gasteiger partial charge in [0.2, 0.25) is 5.91 Å². The highest BCUT2D eigenvalue weighted by atomic mass is 19.4. The van der Waals surface area contributed by atoms with Gasteiger partial charge in [0.15, 0.2) is 0 Å². The molecule has 37 heavy (non-hydrogen) atoms. The number of rotatable bonds is 11. The molecule has 0 fully saturated rings. The molecule has 0 saturated carbocycles. The van der Waals surface area contributed by atoms with Gasteiger partial charge in [0.1, 0.15) is 17.9 Å². The third-order valence-corrected chi connectivity index (χ3v) is 5.17. The van der Waals surface area contributed by atoms with Crippen molar-refractivity contribution >= 4 is 24.1 Å². The second kappa shape index (κ2) is 13.0. The molecule has 0 unspecified atom stereocenters. The van der Waals surface area contributed by atoms with Crippen molar-refractivity contribution in [1.29, 1.82) is 0 Å². The van der Waals surface area contributed by atoms with Crippen LogP contribution in [0.2, 0.25) is 0 Å². The molecule has 2 atom stereocenters. The molecule has 0 aliphatic carbocycles. The number of amides is 1. The number of halogens is 4. The summed E-state index contributed by atoms with van der Waals surface area (Å²) in [7, 11) is 1.49. The molecule has 0 saturated heterocycles. The number of aldehydes is 1. The maximum absolute atomic E-state index is 14.1. The van der Waals surface area contributed by atoms with Gasteiger partial charge in [0.25, 0.3) is 0 Å². The summed E-state index contributed by atoms with van der Waals surface area (Å²) < 4.78 is 55.9. The Bertz CT molecular complexity index is 1150. The number of hydrogen-bond acceptors (Lipinski definition) is 7. The van der Waals surface area contributed by atoms with Crippen molar-refractivity contribution in [2.24, 2.45) is 22.5 Å². The zero-order valence-corrected chi connectivity index (χ0v) is 20.5. The summed E-state index contributed by atoms with van der Waals surface area (Å²) in [5.74, 6) is 2.53. The molecule has 0 bridgehead atoms. The summed E-state index contributed by atoms with van der Waals surface area (Å²) >= 11 is 0. The third kappa shape index (κ3) is 8.40. The highest BCUT2D eigenvalue weighted by molar-refractivity contribution is 5.99. The first-order valence-electron chi connectivity index (χ1n) is 11.2. The summed E-state index contributed by atoms with van der Waals surface area (Å²) in [4.78, 5) is 29.6. The van der Waals surface area contributed by atoms with Crippen LogP contribution in [0.5, 0.6) is 5.75 Å². The lowest BCUT2D eigenvalue weighted by atomic mass is 9.83. The largest absolute Gasteiger partial charge is 0.573 e. The van der Waals surface area contributed by atoms with E-state index < -0.39 is 35.8 Å². The van der Waals surface area contributed by atoms with Crippen LogP contribution in [0.1, 0.15) is 35.7 Å². The minimum absolute atomic E-state index is 0.0559. The number of nitrogens with two attached hydrogens (primary N) is 2. The van der Waals surface area contributed by atoms with E-state index in [1.54, 1.807) is 18.2 Å². The number of aliphatic imine (C=N–C) groups is 1. The van der Waals surface area contributed by atoms with Crippen LogP contribution < -0.4 is 21.6 Å². The van der Waals surface area contributed by atoms with Crippen LogP contribution in [0, 0.1) is 11.7 Å². The molecule has 12 heteroatoms. The van der Waals surface area contributed by atoms with E-state index in [0.717, 1.165) is 12.1 Å². The fourth-order valence-electron chi connectivity index (χ4n) is 3.88. The van der Waals surface area contributed by atoms with Crippen LogP contribution in [0.15, 0.2) is 59.2 Å². The fourth-order valence-corrected chi connectivity index (χ4v) is 3.88. The van der Waals surface area contributed by atoms with Crippen molar-refractivity contribution in [1.82, 2.24) is 5.01 Å². The van der Waals surface area contributed by atoms with Crippen molar-refractivity contribution in [3.05, 3.63) is 71.2 Å². The summed E-state index contributed by atoms with van der Waals surface area (Å²) in [5.41, 5.74) is 6.34. The Morgan fingerprint density at radius 1 is 1.22 bits per heavy atom. The first-order valence-corrected chi connectivity index (χ1v) is 11.2. The van der Waals surface area contributed by atoms with E-state index in [9.17, 15) is 27.2 Å². The molecule has 2 rings (SSSR count). The van der Waals surface area contributed by atoms with Gasteiger partial charge in [0, 0.05) is 55.0 Å². The van der Waals surface area contributed by atoms with Gasteiger partial charge in [-0.1, -0.05) is 38.1 Å². The molecule has 2 aromatic carbocycles. The van der Waals surface area contributed by atoms with Crippen LogP contribution in [-0.4, -0.2) is 49.4 Å².